The lowest BCUT2D eigenvalue weighted by Crippen LogP contribution is -2.38. The number of nitrogens with zero attached hydrogens (tertiary/aromatic N) is 3. The number of carbonyl (C=O) groups is 2. The van der Waals surface area contributed by atoms with Crippen molar-refractivity contribution in [3.8, 4) is 23.3 Å². The van der Waals surface area contributed by atoms with Crippen molar-refractivity contribution in [1.82, 2.24) is 9.88 Å². The van der Waals surface area contributed by atoms with Crippen LogP contribution in [0.4, 0.5) is 27.6 Å². The molecule has 0 saturated heterocycles. The van der Waals surface area contributed by atoms with Gasteiger partial charge in [0.25, 0.3) is 11.8 Å². The Morgan fingerprint density at radius 1 is 0.957 bits per heavy atom. The summed E-state index contributed by atoms with van der Waals surface area (Å²) in [6.45, 7) is 7.60. The van der Waals surface area contributed by atoms with Crippen molar-refractivity contribution >= 4 is 23.5 Å². The van der Waals surface area contributed by atoms with Gasteiger partial charge in [-0.15, -0.1) is 0 Å². The van der Waals surface area contributed by atoms with Crippen molar-refractivity contribution in [1.29, 1.82) is 5.41 Å². The summed E-state index contributed by atoms with van der Waals surface area (Å²) in [5.74, 6) is -7.72. The Morgan fingerprint density at radius 3 is 1.96 bits per heavy atom. The first-order valence-corrected chi connectivity index (χ1v) is 13.5. The van der Waals surface area contributed by atoms with Gasteiger partial charge in [0, 0.05) is 24.2 Å². The predicted molar refractivity (Wildman–Crippen MR) is 159 cm³/mol. The molecule has 250 valence electrons. The molecule has 0 aliphatic heterocycles. The Balaban J connectivity index is 0.000000942. The number of pyridine rings is 1. The van der Waals surface area contributed by atoms with Crippen LogP contribution in [0.2, 0.25) is 0 Å². The van der Waals surface area contributed by atoms with Gasteiger partial charge in [-0.1, -0.05) is 18.2 Å². The second-order valence-electron chi connectivity index (χ2n) is 10.6. The molecule has 2 aromatic carbocycles. The first kappa shape index (κ1) is 37.2. The van der Waals surface area contributed by atoms with E-state index in [-0.39, 0.29) is 35.0 Å². The van der Waals surface area contributed by atoms with Gasteiger partial charge in [-0.3, -0.25) is 5.41 Å². The number of ether oxygens (including phenoxy) is 2. The fourth-order valence-corrected chi connectivity index (χ4v) is 4.20. The van der Waals surface area contributed by atoms with Gasteiger partial charge in [-0.2, -0.15) is 26.9 Å². The number of nitrogens with two attached hydrogens (primary N) is 1. The highest BCUT2D eigenvalue weighted by atomic mass is 19.4. The molecule has 0 atom stereocenters. The van der Waals surface area contributed by atoms with E-state index in [1.165, 1.54) is 29.2 Å². The number of halogens is 5. The number of hydrogen-bond acceptors (Lipinski definition) is 8. The molecule has 1 heterocycles. The normalized spacial score (nSPS) is 11.3. The summed E-state index contributed by atoms with van der Waals surface area (Å²) < 4.78 is 74.9. The van der Waals surface area contributed by atoms with Crippen molar-refractivity contribution in [3.05, 3.63) is 70.8 Å². The molecule has 46 heavy (non-hydrogen) atoms. The van der Waals surface area contributed by atoms with Gasteiger partial charge in [0.2, 0.25) is 11.6 Å². The van der Waals surface area contributed by atoms with E-state index in [1.807, 2.05) is 19.0 Å². The maximum Gasteiger partial charge on any atom is 0.490 e. The van der Waals surface area contributed by atoms with E-state index >= 15 is 8.78 Å². The standard InChI is InChI=1S/C28H33F2N5O4.C2HF3O2/c1-15(2)35(16(3)4)24-22(29)26(38-19-9-7-8-18(13-19)25(31)32)33-27(23(24)30)39-21-11-10-17(14-34(5)6)12-20(21)28(36)37;3-2(4,5)1(6)7/h7-13,15-16H,14H2,1-6H3,(H3,31,32)(H,36,37);(H,6,7). The van der Waals surface area contributed by atoms with Crippen LogP contribution in [0.15, 0.2) is 42.5 Å². The van der Waals surface area contributed by atoms with Crippen molar-refractivity contribution in [2.75, 3.05) is 19.0 Å². The highest BCUT2D eigenvalue weighted by Crippen LogP contribution is 2.40. The van der Waals surface area contributed by atoms with Gasteiger partial charge in [0.1, 0.15) is 28.6 Å². The minimum Gasteiger partial charge on any atom is -0.478 e. The van der Waals surface area contributed by atoms with Crippen LogP contribution < -0.4 is 20.1 Å². The van der Waals surface area contributed by atoms with Crippen LogP contribution in [0, 0.1) is 17.0 Å². The largest absolute Gasteiger partial charge is 0.490 e. The van der Waals surface area contributed by atoms with E-state index < -0.39 is 47.2 Å². The van der Waals surface area contributed by atoms with Crippen molar-refractivity contribution in [3.63, 3.8) is 0 Å². The molecule has 0 bridgehead atoms. The van der Waals surface area contributed by atoms with E-state index in [0.717, 1.165) is 0 Å². The molecule has 3 rings (SSSR count). The highest BCUT2D eigenvalue weighted by molar-refractivity contribution is 5.95. The van der Waals surface area contributed by atoms with Crippen LogP contribution in [-0.4, -0.2) is 70.2 Å². The molecule has 1 aromatic heterocycles. The zero-order chi connectivity index (χ0) is 35.1. The third-order valence-electron chi connectivity index (χ3n) is 5.95. The fraction of sp³-hybridized carbons (Fsp3) is 0.333. The number of hydrogen-bond donors (Lipinski definition) is 4. The van der Waals surface area contributed by atoms with Crippen LogP contribution >= 0.6 is 0 Å². The van der Waals surface area contributed by atoms with Crippen LogP contribution in [0.3, 0.4) is 0 Å². The summed E-state index contributed by atoms with van der Waals surface area (Å²) in [6, 6.07) is 9.92. The monoisotopic (exact) mass is 655 g/mol. The molecule has 0 fully saturated rings. The van der Waals surface area contributed by atoms with E-state index in [0.29, 0.717) is 17.7 Å². The maximum atomic E-state index is 15.9. The molecular weight excluding hydrogens is 621 g/mol. The molecular formula is C30H34F5N5O6. The van der Waals surface area contributed by atoms with Gasteiger partial charge in [-0.05, 0) is 71.6 Å². The summed E-state index contributed by atoms with van der Waals surface area (Å²) in [5, 5.41) is 24.6. The van der Waals surface area contributed by atoms with Crippen LogP contribution in [-0.2, 0) is 11.3 Å². The maximum absolute atomic E-state index is 15.9. The number of carboxylic acids is 2. The Kier molecular flexibility index (Phi) is 12.4. The quantitative estimate of drug-likeness (QED) is 0.106. The number of nitrogen functional groups attached to an aromatic ring is 1. The van der Waals surface area contributed by atoms with Crippen LogP contribution in [0.1, 0.15) is 49.2 Å². The lowest BCUT2D eigenvalue weighted by molar-refractivity contribution is -0.192. The Hall–Kier alpha value is -4.99. The zero-order valence-corrected chi connectivity index (χ0v) is 25.7. The number of nitrogens with one attached hydrogen (secondary N) is 1. The number of alkyl halides is 3. The van der Waals surface area contributed by atoms with Gasteiger partial charge >= 0.3 is 18.1 Å². The van der Waals surface area contributed by atoms with Gasteiger partial charge in [0.05, 0.1) is 0 Å². The Labute approximate surface area is 261 Å². The average molecular weight is 656 g/mol. The average Bonchev–Trinajstić information content (AvgIpc) is 2.93. The predicted octanol–water partition coefficient (Wildman–Crippen LogP) is 6.24. The van der Waals surface area contributed by atoms with Crippen molar-refractivity contribution < 1.29 is 51.2 Å². The minimum absolute atomic E-state index is 0.109. The number of rotatable bonds is 11. The van der Waals surface area contributed by atoms with Crippen molar-refractivity contribution in [2.24, 2.45) is 5.73 Å². The first-order valence-electron chi connectivity index (χ1n) is 13.5. The molecule has 16 heteroatoms. The Morgan fingerprint density at radius 2 is 1.50 bits per heavy atom. The third-order valence-corrected chi connectivity index (χ3v) is 5.95. The molecule has 5 N–H and O–H groups in total. The van der Waals surface area contributed by atoms with E-state index in [1.54, 1.807) is 45.9 Å². The third kappa shape index (κ3) is 9.76. The number of aromatic carboxylic acids is 1. The lowest BCUT2D eigenvalue weighted by Gasteiger charge is -2.33. The number of aliphatic carboxylic acids is 1. The number of aromatic nitrogens is 1. The lowest BCUT2D eigenvalue weighted by atomic mass is 10.1. The highest BCUT2D eigenvalue weighted by Gasteiger charge is 2.38. The van der Waals surface area contributed by atoms with Gasteiger partial charge in [0.15, 0.2) is 0 Å². The summed E-state index contributed by atoms with van der Waals surface area (Å²) in [4.78, 5) is 28.2. The molecule has 0 amide bonds. The Bertz CT molecular complexity index is 1570. The van der Waals surface area contributed by atoms with Crippen LogP contribution in [0.25, 0.3) is 0 Å². The summed E-state index contributed by atoms with van der Waals surface area (Å²) in [5.41, 5.74) is 5.96. The molecule has 3 aromatic rings. The number of amidine groups is 1. The molecule has 11 nitrogen and oxygen atoms in total. The topological polar surface area (TPSA) is 162 Å². The van der Waals surface area contributed by atoms with Crippen LogP contribution in [0.5, 0.6) is 23.3 Å². The first-order chi connectivity index (χ1) is 21.2. The van der Waals surface area contributed by atoms with Crippen molar-refractivity contribution in [2.45, 2.75) is 52.5 Å². The number of benzene rings is 2. The fourth-order valence-electron chi connectivity index (χ4n) is 4.20. The summed E-state index contributed by atoms with van der Waals surface area (Å²) in [7, 11) is 3.68. The molecule has 0 aliphatic rings. The molecule has 0 saturated carbocycles. The summed E-state index contributed by atoms with van der Waals surface area (Å²) in [6.07, 6.45) is -5.08. The SMILES string of the molecule is CC(C)N(c1c(F)c(Oc2cccc(C(=N)N)c2)nc(Oc2ccc(CN(C)C)cc2C(=O)O)c1F)C(C)C.O=C(O)C(F)(F)F. The molecule has 0 unspecified atom stereocenters. The second kappa shape index (κ2) is 15.3. The van der Waals surface area contributed by atoms with Gasteiger partial charge < -0.3 is 35.2 Å². The second-order valence-corrected chi connectivity index (χ2v) is 10.6. The van der Waals surface area contributed by atoms with Gasteiger partial charge in [-0.25, -0.2) is 9.59 Å². The molecule has 0 radical (unpaired) electrons. The number of anilines is 1. The smallest absolute Gasteiger partial charge is 0.478 e. The van der Waals surface area contributed by atoms with E-state index in [9.17, 15) is 23.1 Å². The molecule has 0 aliphatic carbocycles. The molecule has 0 spiro atoms. The number of carboxylic acid groups (broad SMARTS) is 2. The summed E-state index contributed by atoms with van der Waals surface area (Å²) >= 11 is 0. The minimum atomic E-state index is -5.08. The van der Waals surface area contributed by atoms with E-state index in [4.69, 9.17) is 30.5 Å². The van der Waals surface area contributed by atoms with E-state index in [2.05, 4.69) is 4.98 Å². The zero-order valence-electron chi connectivity index (χ0n) is 25.7.